The summed E-state index contributed by atoms with van der Waals surface area (Å²) in [7, 11) is 0. The van der Waals surface area contributed by atoms with Crippen molar-refractivity contribution in [3.05, 3.63) is 0 Å². The Balaban J connectivity index is 2.30. The lowest BCUT2D eigenvalue weighted by atomic mass is 10.0. The molecule has 17 heavy (non-hydrogen) atoms. The van der Waals surface area contributed by atoms with Gasteiger partial charge in [-0.2, -0.15) is 0 Å². The predicted molar refractivity (Wildman–Crippen MR) is 67.5 cm³/mol. The van der Waals surface area contributed by atoms with Gasteiger partial charge in [-0.15, -0.1) is 0 Å². The average molecular weight is 240 g/mol. The van der Waals surface area contributed by atoms with Gasteiger partial charge in [0.2, 0.25) is 11.8 Å². The highest BCUT2D eigenvalue weighted by atomic mass is 16.2. The fourth-order valence-electron chi connectivity index (χ4n) is 2.08. The van der Waals surface area contributed by atoms with E-state index in [0.717, 1.165) is 25.9 Å². The van der Waals surface area contributed by atoms with Gasteiger partial charge >= 0.3 is 0 Å². The van der Waals surface area contributed by atoms with Crippen LogP contribution >= 0.6 is 0 Å². The number of hydrogen-bond acceptors (Lipinski definition) is 2. The number of rotatable bonds is 4. The van der Waals surface area contributed by atoms with Crippen LogP contribution in [0, 0.1) is 5.92 Å². The third-order valence-electron chi connectivity index (χ3n) is 3.12. The Labute approximate surface area is 104 Å². The van der Waals surface area contributed by atoms with Gasteiger partial charge in [0.25, 0.3) is 0 Å². The quantitative estimate of drug-likeness (QED) is 0.810. The molecule has 4 nitrogen and oxygen atoms in total. The second kappa shape index (κ2) is 6.62. The third kappa shape index (κ3) is 4.75. The Hall–Kier alpha value is -1.06. The number of carbonyl (C=O) groups excluding carboxylic acids is 2. The van der Waals surface area contributed by atoms with E-state index in [1.165, 1.54) is 0 Å². The second-order valence-corrected chi connectivity index (χ2v) is 5.17. The summed E-state index contributed by atoms with van der Waals surface area (Å²) in [4.78, 5) is 25.0. The summed E-state index contributed by atoms with van der Waals surface area (Å²) in [6, 6.07) is 0.255. The number of piperidine rings is 1. The first-order valence-electron chi connectivity index (χ1n) is 6.60. The van der Waals surface area contributed by atoms with Crippen molar-refractivity contribution in [1.29, 1.82) is 0 Å². The van der Waals surface area contributed by atoms with Crippen LogP contribution in [0.25, 0.3) is 0 Å². The van der Waals surface area contributed by atoms with Crippen molar-refractivity contribution in [3.8, 4) is 0 Å². The van der Waals surface area contributed by atoms with Gasteiger partial charge in [-0.3, -0.25) is 9.59 Å². The monoisotopic (exact) mass is 240 g/mol. The summed E-state index contributed by atoms with van der Waals surface area (Å²) in [5, 5.41) is 2.99. The Bertz CT molecular complexity index is 269. The highest BCUT2D eigenvalue weighted by Crippen LogP contribution is 2.13. The highest BCUT2D eigenvalue weighted by Gasteiger charge is 2.23. The van der Waals surface area contributed by atoms with E-state index >= 15 is 0 Å². The van der Waals surface area contributed by atoms with Crippen molar-refractivity contribution in [3.63, 3.8) is 0 Å². The van der Waals surface area contributed by atoms with Crippen LogP contribution in [0.15, 0.2) is 0 Å². The molecule has 0 aromatic heterocycles. The number of nitrogens with zero attached hydrogens (tertiary/aromatic N) is 1. The molecule has 1 saturated heterocycles. The van der Waals surface area contributed by atoms with Crippen molar-refractivity contribution in [2.75, 3.05) is 13.1 Å². The molecule has 98 valence electrons. The van der Waals surface area contributed by atoms with E-state index < -0.39 is 0 Å². The van der Waals surface area contributed by atoms with Gasteiger partial charge in [-0.25, -0.2) is 0 Å². The maximum Gasteiger partial charge on any atom is 0.222 e. The minimum Gasteiger partial charge on any atom is -0.353 e. The normalized spacial score (nSPS) is 17.3. The molecule has 0 aromatic carbocycles. The molecule has 1 N–H and O–H groups in total. The fraction of sp³-hybridized carbons (Fsp3) is 0.846. The Morgan fingerprint density at radius 2 is 1.88 bits per heavy atom. The van der Waals surface area contributed by atoms with Crippen LogP contribution in [-0.4, -0.2) is 35.8 Å². The molecule has 0 bridgehead atoms. The van der Waals surface area contributed by atoms with Gasteiger partial charge < -0.3 is 10.2 Å². The lowest BCUT2D eigenvalue weighted by molar-refractivity contribution is -0.133. The predicted octanol–water partition coefficient (Wildman–Crippen LogP) is 1.55. The van der Waals surface area contributed by atoms with E-state index in [9.17, 15) is 9.59 Å². The first-order chi connectivity index (χ1) is 8.02. The van der Waals surface area contributed by atoms with Crippen molar-refractivity contribution in [2.24, 2.45) is 5.92 Å². The first-order valence-corrected chi connectivity index (χ1v) is 6.60. The van der Waals surface area contributed by atoms with E-state index in [1.54, 1.807) is 0 Å². The van der Waals surface area contributed by atoms with Crippen LogP contribution in [0.1, 0.15) is 46.5 Å². The molecule has 1 aliphatic rings. The van der Waals surface area contributed by atoms with Crippen LogP contribution in [0.5, 0.6) is 0 Å². The van der Waals surface area contributed by atoms with E-state index in [-0.39, 0.29) is 17.9 Å². The molecule has 0 aromatic rings. The Morgan fingerprint density at radius 3 is 2.35 bits per heavy atom. The van der Waals surface area contributed by atoms with Crippen LogP contribution < -0.4 is 5.32 Å². The maximum atomic E-state index is 11.8. The smallest absolute Gasteiger partial charge is 0.222 e. The third-order valence-corrected chi connectivity index (χ3v) is 3.12. The standard InChI is InChI=1S/C13H24N2O2/c1-4-12(16)14-11-5-7-15(8-6-11)13(17)9-10(2)3/h10-11H,4-9H2,1-3H3,(H,14,16). The van der Waals surface area contributed by atoms with Crippen molar-refractivity contribution in [2.45, 2.75) is 52.5 Å². The summed E-state index contributed by atoms with van der Waals surface area (Å²) < 4.78 is 0. The summed E-state index contributed by atoms with van der Waals surface area (Å²) >= 11 is 0. The first kappa shape index (κ1) is 14.0. The molecule has 0 aliphatic carbocycles. The van der Waals surface area contributed by atoms with Crippen molar-refractivity contribution >= 4 is 11.8 Å². The minimum absolute atomic E-state index is 0.108. The molecule has 0 unspecified atom stereocenters. The molecule has 1 heterocycles. The highest BCUT2D eigenvalue weighted by molar-refractivity contribution is 5.77. The van der Waals surface area contributed by atoms with Crippen molar-refractivity contribution in [1.82, 2.24) is 10.2 Å². The zero-order chi connectivity index (χ0) is 12.8. The summed E-state index contributed by atoms with van der Waals surface area (Å²) in [6.07, 6.45) is 2.93. The molecule has 2 amide bonds. The van der Waals surface area contributed by atoms with E-state index in [1.807, 2.05) is 11.8 Å². The number of carbonyl (C=O) groups is 2. The van der Waals surface area contributed by atoms with Gasteiger partial charge in [0.15, 0.2) is 0 Å². The van der Waals surface area contributed by atoms with Crippen LogP contribution in [0.2, 0.25) is 0 Å². The molecule has 1 rings (SSSR count). The van der Waals surface area contributed by atoms with Crippen LogP contribution in [0.4, 0.5) is 0 Å². The van der Waals surface area contributed by atoms with Crippen molar-refractivity contribution < 1.29 is 9.59 Å². The average Bonchev–Trinajstić information content (AvgIpc) is 2.28. The number of amides is 2. The van der Waals surface area contributed by atoms with Gasteiger partial charge in [-0.05, 0) is 18.8 Å². The van der Waals surface area contributed by atoms with Crippen LogP contribution in [-0.2, 0) is 9.59 Å². The van der Waals surface area contributed by atoms with Gasteiger partial charge in [0.1, 0.15) is 0 Å². The summed E-state index contributed by atoms with van der Waals surface area (Å²) in [5.74, 6) is 0.775. The lowest BCUT2D eigenvalue weighted by Crippen LogP contribution is -2.46. The number of hydrogen-bond donors (Lipinski definition) is 1. The molecule has 4 heteroatoms. The largest absolute Gasteiger partial charge is 0.353 e. The molecule has 0 spiro atoms. The molecule has 1 aliphatic heterocycles. The maximum absolute atomic E-state index is 11.8. The lowest BCUT2D eigenvalue weighted by Gasteiger charge is -2.32. The summed E-state index contributed by atoms with van der Waals surface area (Å²) in [6.45, 7) is 7.54. The zero-order valence-electron chi connectivity index (χ0n) is 11.2. The second-order valence-electron chi connectivity index (χ2n) is 5.17. The molecular formula is C13H24N2O2. The van der Waals surface area contributed by atoms with E-state index in [0.29, 0.717) is 18.8 Å². The van der Waals surface area contributed by atoms with Gasteiger partial charge in [0, 0.05) is 32.0 Å². The van der Waals surface area contributed by atoms with Gasteiger partial charge in [0.05, 0.1) is 0 Å². The SMILES string of the molecule is CCC(=O)NC1CCN(C(=O)CC(C)C)CC1. The Morgan fingerprint density at radius 1 is 1.29 bits per heavy atom. The van der Waals surface area contributed by atoms with Crippen LogP contribution in [0.3, 0.4) is 0 Å². The fourth-order valence-corrected chi connectivity index (χ4v) is 2.08. The number of likely N-dealkylation sites (tertiary alicyclic amines) is 1. The molecular weight excluding hydrogens is 216 g/mol. The molecule has 0 radical (unpaired) electrons. The zero-order valence-corrected chi connectivity index (χ0v) is 11.2. The molecule has 0 atom stereocenters. The number of nitrogens with one attached hydrogen (secondary N) is 1. The van der Waals surface area contributed by atoms with Gasteiger partial charge in [-0.1, -0.05) is 20.8 Å². The summed E-state index contributed by atoms with van der Waals surface area (Å²) in [5.41, 5.74) is 0. The van der Waals surface area contributed by atoms with E-state index in [4.69, 9.17) is 0 Å². The molecule has 0 saturated carbocycles. The minimum atomic E-state index is 0.108. The topological polar surface area (TPSA) is 49.4 Å². The van der Waals surface area contributed by atoms with E-state index in [2.05, 4.69) is 19.2 Å². The molecule has 1 fully saturated rings. The Kier molecular flexibility index (Phi) is 5.45.